The van der Waals surface area contributed by atoms with E-state index in [0.29, 0.717) is 5.92 Å². The Hall–Kier alpha value is -1.66. The first kappa shape index (κ1) is 21.6. The molecular weight excluding hydrogens is 401 g/mol. The predicted octanol–water partition coefficient (Wildman–Crippen LogP) is 4.55. The highest BCUT2D eigenvalue weighted by Gasteiger charge is 2.28. The number of thiazole rings is 1. The third kappa shape index (κ3) is 4.61. The molecule has 1 unspecified atom stereocenters. The molecule has 2 heterocycles. The SMILES string of the molecule is Cl.Cl.NC(C(=O)N1CCC(c2nc3ccccc3s2)CC1)c1ccccc1. The molecule has 0 spiro atoms. The molecule has 7 heteroatoms. The second kappa shape index (κ2) is 9.51. The van der Waals surface area contributed by atoms with Crippen LogP contribution in [0, 0.1) is 0 Å². The summed E-state index contributed by atoms with van der Waals surface area (Å²) in [4.78, 5) is 19.4. The van der Waals surface area contributed by atoms with Gasteiger partial charge in [0.05, 0.1) is 15.2 Å². The maximum absolute atomic E-state index is 12.7. The lowest BCUT2D eigenvalue weighted by Gasteiger charge is -2.32. The summed E-state index contributed by atoms with van der Waals surface area (Å²) in [6.45, 7) is 1.50. The average molecular weight is 424 g/mol. The number of halogens is 2. The molecule has 1 aliphatic rings. The Labute approximate surface area is 175 Å². The van der Waals surface area contributed by atoms with Gasteiger partial charge in [0.15, 0.2) is 0 Å². The molecule has 144 valence electrons. The average Bonchev–Trinajstić information content (AvgIpc) is 3.12. The first-order chi connectivity index (χ1) is 12.2. The lowest BCUT2D eigenvalue weighted by Crippen LogP contribution is -2.42. The van der Waals surface area contributed by atoms with Crippen molar-refractivity contribution in [2.24, 2.45) is 5.73 Å². The minimum absolute atomic E-state index is 0. The van der Waals surface area contributed by atoms with Crippen molar-refractivity contribution < 1.29 is 4.79 Å². The fraction of sp³-hybridized carbons (Fsp3) is 0.300. The van der Waals surface area contributed by atoms with Crippen molar-refractivity contribution in [2.45, 2.75) is 24.8 Å². The number of hydrogen-bond donors (Lipinski definition) is 1. The van der Waals surface area contributed by atoms with E-state index < -0.39 is 6.04 Å². The second-order valence-corrected chi connectivity index (χ2v) is 7.57. The van der Waals surface area contributed by atoms with E-state index >= 15 is 0 Å². The Morgan fingerprint density at radius 2 is 1.67 bits per heavy atom. The predicted molar refractivity (Wildman–Crippen MR) is 116 cm³/mol. The molecular formula is C20H23Cl2N3OS. The van der Waals surface area contributed by atoms with E-state index in [0.717, 1.165) is 37.0 Å². The quantitative estimate of drug-likeness (QED) is 0.671. The standard InChI is InChI=1S/C20H21N3OS.2ClH/c21-18(14-6-2-1-3-7-14)20(24)23-12-10-15(11-13-23)19-22-16-8-4-5-9-17(16)25-19;;/h1-9,15,18H,10-13,21H2;2*1H. The largest absolute Gasteiger partial charge is 0.341 e. The number of amides is 1. The van der Waals surface area contributed by atoms with Crippen LogP contribution in [0.5, 0.6) is 0 Å². The van der Waals surface area contributed by atoms with Crippen molar-refractivity contribution in [3.63, 3.8) is 0 Å². The zero-order valence-electron chi connectivity index (χ0n) is 14.8. The topological polar surface area (TPSA) is 59.2 Å². The number of nitrogens with zero attached hydrogens (tertiary/aromatic N) is 2. The summed E-state index contributed by atoms with van der Waals surface area (Å²) in [5.74, 6) is 0.461. The van der Waals surface area contributed by atoms with Crippen LogP contribution in [0.15, 0.2) is 54.6 Å². The molecule has 0 bridgehead atoms. The number of hydrogen-bond acceptors (Lipinski definition) is 4. The number of carbonyl (C=O) groups excluding carboxylic acids is 1. The van der Waals surface area contributed by atoms with Crippen LogP contribution >= 0.6 is 36.2 Å². The molecule has 3 aromatic rings. The zero-order chi connectivity index (χ0) is 17.2. The van der Waals surface area contributed by atoms with Crippen molar-refractivity contribution in [3.8, 4) is 0 Å². The number of benzene rings is 2. The summed E-state index contributed by atoms with van der Waals surface area (Å²) in [6, 6.07) is 17.3. The smallest absolute Gasteiger partial charge is 0.244 e. The molecule has 2 N–H and O–H groups in total. The van der Waals surface area contributed by atoms with E-state index in [9.17, 15) is 4.79 Å². The van der Waals surface area contributed by atoms with Crippen molar-refractivity contribution in [1.82, 2.24) is 9.88 Å². The molecule has 4 rings (SSSR count). The summed E-state index contributed by atoms with van der Waals surface area (Å²) < 4.78 is 1.24. The number of fused-ring (bicyclic) bond motifs is 1. The Morgan fingerprint density at radius 1 is 1.04 bits per heavy atom. The van der Waals surface area contributed by atoms with E-state index in [1.165, 1.54) is 9.71 Å². The van der Waals surface area contributed by atoms with Gasteiger partial charge in [-0.05, 0) is 30.5 Å². The summed E-state index contributed by atoms with van der Waals surface area (Å²) in [5.41, 5.74) is 8.12. The van der Waals surface area contributed by atoms with Gasteiger partial charge >= 0.3 is 0 Å². The van der Waals surface area contributed by atoms with E-state index in [1.54, 1.807) is 11.3 Å². The third-order valence-corrected chi connectivity index (χ3v) is 6.09. The summed E-state index contributed by atoms with van der Waals surface area (Å²) >= 11 is 1.78. The summed E-state index contributed by atoms with van der Waals surface area (Å²) in [5, 5.41) is 1.20. The number of rotatable bonds is 3. The minimum Gasteiger partial charge on any atom is -0.341 e. The molecule has 0 aliphatic carbocycles. The fourth-order valence-electron chi connectivity index (χ4n) is 3.41. The van der Waals surface area contributed by atoms with Gasteiger partial charge in [0.25, 0.3) is 0 Å². The first-order valence-corrected chi connectivity index (χ1v) is 9.49. The van der Waals surface area contributed by atoms with Crippen LogP contribution in [0.2, 0.25) is 0 Å². The molecule has 1 fully saturated rings. The Morgan fingerprint density at radius 3 is 2.33 bits per heavy atom. The van der Waals surface area contributed by atoms with Gasteiger partial charge in [0.1, 0.15) is 6.04 Å². The Kier molecular flexibility index (Phi) is 7.62. The molecule has 1 aromatic heterocycles. The molecule has 27 heavy (non-hydrogen) atoms. The second-order valence-electron chi connectivity index (χ2n) is 6.51. The van der Waals surface area contributed by atoms with Crippen LogP contribution in [0.25, 0.3) is 10.2 Å². The third-order valence-electron chi connectivity index (χ3n) is 4.89. The Bertz CT molecular complexity index is 846. The number of likely N-dealkylation sites (tertiary alicyclic amines) is 1. The molecule has 2 aromatic carbocycles. The number of carbonyl (C=O) groups is 1. The zero-order valence-corrected chi connectivity index (χ0v) is 17.2. The lowest BCUT2D eigenvalue weighted by atomic mass is 9.96. The minimum atomic E-state index is -0.569. The molecule has 1 amide bonds. The highest BCUT2D eigenvalue weighted by molar-refractivity contribution is 7.18. The van der Waals surface area contributed by atoms with Crippen LogP contribution in [0.1, 0.15) is 35.4 Å². The lowest BCUT2D eigenvalue weighted by molar-refractivity contribution is -0.133. The Balaban J connectivity index is 0.00000131. The van der Waals surface area contributed by atoms with Crippen molar-refractivity contribution in [1.29, 1.82) is 0 Å². The van der Waals surface area contributed by atoms with Gasteiger partial charge < -0.3 is 10.6 Å². The molecule has 1 aliphatic heterocycles. The van der Waals surface area contributed by atoms with Crippen molar-refractivity contribution in [3.05, 3.63) is 65.2 Å². The summed E-state index contributed by atoms with van der Waals surface area (Å²) in [7, 11) is 0. The van der Waals surface area contributed by atoms with Crippen molar-refractivity contribution in [2.75, 3.05) is 13.1 Å². The van der Waals surface area contributed by atoms with Gasteiger partial charge in [0.2, 0.25) is 5.91 Å². The number of nitrogens with two attached hydrogens (primary N) is 1. The van der Waals surface area contributed by atoms with Gasteiger partial charge in [-0.15, -0.1) is 36.2 Å². The summed E-state index contributed by atoms with van der Waals surface area (Å²) in [6.07, 6.45) is 1.90. The normalized spacial score (nSPS) is 15.7. The van der Waals surface area contributed by atoms with Gasteiger partial charge in [-0.1, -0.05) is 42.5 Å². The first-order valence-electron chi connectivity index (χ1n) is 8.67. The van der Waals surface area contributed by atoms with Crippen LogP contribution in [0.3, 0.4) is 0 Å². The maximum atomic E-state index is 12.7. The van der Waals surface area contributed by atoms with E-state index in [-0.39, 0.29) is 30.7 Å². The molecule has 0 saturated carbocycles. The van der Waals surface area contributed by atoms with Crippen molar-refractivity contribution >= 4 is 52.3 Å². The number of piperidine rings is 1. The van der Waals surface area contributed by atoms with Gasteiger partial charge in [-0.25, -0.2) is 4.98 Å². The van der Waals surface area contributed by atoms with Gasteiger partial charge in [0, 0.05) is 19.0 Å². The molecule has 0 radical (unpaired) electrons. The van der Waals surface area contributed by atoms with E-state index in [4.69, 9.17) is 10.7 Å². The highest BCUT2D eigenvalue weighted by atomic mass is 35.5. The van der Waals surface area contributed by atoms with Gasteiger partial charge in [-0.2, -0.15) is 0 Å². The monoisotopic (exact) mass is 423 g/mol. The molecule has 1 saturated heterocycles. The number of para-hydroxylation sites is 1. The molecule has 1 atom stereocenters. The molecule has 4 nitrogen and oxygen atoms in total. The van der Waals surface area contributed by atoms with E-state index in [1.807, 2.05) is 41.3 Å². The van der Waals surface area contributed by atoms with Crippen LogP contribution in [-0.2, 0) is 4.79 Å². The van der Waals surface area contributed by atoms with E-state index in [2.05, 4.69) is 18.2 Å². The van der Waals surface area contributed by atoms with Crippen LogP contribution in [-0.4, -0.2) is 28.9 Å². The fourth-order valence-corrected chi connectivity index (χ4v) is 4.55. The highest BCUT2D eigenvalue weighted by Crippen LogP contribution is 2.34. The number of aromatic nitrogens is 1. The van der Waals surface area contributed by atoms with Gasteiger partial charge in [-0.3, -0.25) is 4.79 Å². The van der Waals surface area contributed by atoms with Crippen LogP contribution < -0.4 is 5.73 Å². The van der Waals surface area contributed by atoms with Crippen LogP contribution in [0.4, 0.5) is 0 Å². The maximum Gasteiger partial charge on any atom is 0.244 e.